The molecule has 2 aliphatic heterocycles. The summed E-state index contributed by atoms with van der Waals surface area (Å²) in [5.74, 6) is 0.282. The topological polar surface area (TPSA) is 109 Å². The molecule has 1 atom stereocenters. The van der Waals surface area contributed by atoms with Gasteiger partial charge in [0.25, 0.3) is 0 Å². The van der Waals surface area contributed by atoms with Gasteiger partial charge in [-0.05, 0) is 67.7 Å². The van der Waals surface area contributed by atoms with Crippen molar-refractivity contribution in [1.82, 2.24) is 14.8 Å². The second-order valence-corrected chi connectivity index (χ2v) is 12.4. The summed E-state index contributed by atoms with van der Waals surface area (Å²) in [6.45, 7) is 12.4. The van der Waals surface area contributed by atoms with Crippen molar-refractivity contribution < 1.29 is 9.59 Å². The summed E-state index contributed by atoms with van der Waals surface area (Å²) < 4.78 is 0. The second-order valence-electron chi connectivity index (χ2n) is 12.4. The van der Waals surface area contributed by atoms with Crippen LogP contribution in [0.4, 0.5) is 5.69 Å². The molecule has 2 aromatic carbocycles. The second kappa shape index (κ2) is 10.6. The van der Waals surface area contributed by atoms with E-state index in [-0.39, 0.29) is 17.7 Å². The van der Waals surface area contributed by atoms with E-state index in [1.54, 1.807) is 6.07 Å². The molecule has 6 rings (SSSR count). The quantitative estimate of drug-likeness (QED) is 0.480. The third-order valence-corrected chi connectivity index (χ3v) is 9.44. The fourth-order valence-corrected chi connectivity index (χ4v) is 7.03. The minimum Gasteiger partial charge on any atom is -0.368 e. The number of piperazine rings is 1. The van der Waals surface area contributed by atoms with Gasteiger partial charge in [0.15, 0.2) is 5.78 Å². The summed E-state index contributed by atoms with van der Waals surface area (Å²) in [4.78, 5) is 37.1. The van der Waals surface area contributed by atoms with Crippen LogP contribution in [0.15, 0.2) is 30.3 Å². The van der Waals surface area contributed by atoms with E-state index in [1.807, 2.05) is 17.0 Å². The number of likely N-dealkylation sites (tertiary alicyclic amines) is 1. The Morgan fingerprint density at radius 2 is 1.93 bits per heavy atom. The number of aryl methyl sites for hydroxylation is 1. The van der Waals surface area contributed by atoms with Crippen LogP contribution in [0.25, 0.3) is 10.9 Å². The molecule has 8 heteroatoms. The Morgan fingerprint density at radius 1 is 1.15 bits per heavy atom. The van der Waals surface area contributed by atoms with Crippen molar-refractivity contribution in [1.29, 1.82) is 5.26 Å². The van der Waals surface area contributed by atoms with Crippen molar-refractivity contribution in [2.75, 3.05) is 50.7 Å². The van der Waals surface area contributed by atoms with Crippen LogP contribution in [-0.2, 0) is 16.6 Å². The molecule has 1 aliphatic carbocycles. The maximum Gasteiger partial charge on any atom is 0.222 e. The molecule has 0 radical (unpaired) electrons. The molecule has 3 N–H and O–H groups in total. The van der Waals surface area contributed by atoms with Gasteiger partial charge in [0.2, 0.25) is 5.91 Å². The first kappa shape index (κ1) is 27.5. The van der Waals surface area contributed by atoms with E-state index in [0.717, 1.165) is 96.5 Å². The third-order valence-electron chi connectivity index (χ3n) is 9.44. The zero-order chi connectivity index (χ0) is 28.9. The number of benzene rings is 2. The molecule has 0 saturated carbocycles. The summed E-state index contributed by atoms with van der Waals surface area (Å²) in [7, 11) is 0. The monoisotopic (exact) mass is 552 g/mol. The number of carbonyl (C=O) groups excluding carboxylic acids is 2. The number of nitrogens with zero attached hydrogens (tertiary/aromatic N) is 4. The van der Waals surface area contributed by atoms with Gasteiger partial charge < -0.3 is 25.4 Å². The number of rotatable bonds is 6. The van der Waals surface area contributed by atoms with Crippen LogP contribution in [0.3, 0.4) is 0 Å². The lowest BCUT2D eigenvalue weighted by molar-refractivity contribution is -0.131. The van der Waals surface area contributed by atoms with Crippen LogP contribution >= 0.6 is 0 Å². The van der Waals surface area contributed by atoms with Gasteiger partial charge in [-0.1, -0.05) is 26.8 Å². The number of amides is 1. The molecule has 1 amide bonds. The standard InChI is InChI=1S/C33H40N6O2/c1-4-22-17-25-26(33(2,3)32-30(31(25)41)24-8-7-21(19-34)16-27(24)36-32)18-28(22)38-12-14-39(15-13-38)29(40)6-5-10-37-11-9-23(35)20-37/h7-8,16-18,23,36H,4-6,9-15,20,35H2,1-3H3/t23-/m1/s1. The van der Waals surface area contributed by atoms with Crippen molar-refractivity contribution in [3.8, 4) is 6.07 Å². The highest BCUT2D eigenvalue weighted by molar-refractivity contribution is 6.20. The number of aromatic amines is 1. The zero-order valence-corrected chi connectivity index (χ0v) is 24.4. The molecule has 41 heavy (non-hydrogen) atoms. The van der Waals surface area contributed by atoms with E-state index in [2.05, 4.69) is 53.8 Å². The lowest BCUT2D eigenvalue weighted by atomic mass is 9.70. The van der Waals surface area contributed by atoms with Crippen molar-refractivity contribution in [3.63, 3.8) is 0 Å². The normalized spacial score (nSPS) is 20.3. The highest BCUT2D eigenvalue weighted by Crippen LogP contribution is 2.45. The molecule has 3 aliphatic rings. The first-order valence-corrected chi connectivity index (χ1v) is 15.0. The Labute approximate surface area is 242 Å². The molecular weight excluding hydrogens is 512 g/mol. The maximum atomic E-state index is 13.9. The van der Waals surface area contributed by atoms with Crippen molar-refractivity contribution in [3.05, 3.63) is 63.8 Å². The molecule has 2 saturated heterocycles. The number of fused-ring (bicyclic) bond motifs is 4. The lowest BCUT2D eigenvalue weighted by Crippen LogP contribution is -2.49. The van der Waals surface area contributed by atoms with E-state index < -0.39 is 5.41 Å². The van der Waals surface area contributed by atoms with Crippen LogP contribution in [0.2, 0.25) is 0 Å². The van der Waals surface area contributed by atoms with Crippen LogP contribution in [0.1, 0.15) is 78.3 Å². The third kappa shape index (κ3) is 4.81. The Balaban J connectivity index is 1.20. The van der Waals surface area contributed by atoms with Crippen LogP contribution in [-0.4, -0.2) is 78.3 Å². The van der Waals surface area contributed by atoms with Gasteiger partial charge in [-0.15, -0.1) is 0 Å². The molecule has 8 nitrogen and oxygen atoms in total. The molecule has 3 heterocycles. The Bertz CT molecular complexity index is 1560. The summed E-state index contributed by atoms with van der Waals surface area (Å²) in [6.07, 6.45) is 3.34. The van der Waals surface area contributed by atoms with Gasteiger partial charge in [-0.25, -0.2) is 0 Å². The lowest BCUT2D eigenvalue weighted by Gasteiger charge is -2.39. The number of nitriles is 1. The number of nitrogens with one attached hydrogen (secondary N) is 1. The van der Waals surface area contributed by atoms with Gasteiger partial charge in [0, 0.05) is 78.4 Å². The highest BCUT2D eigenvalue weighted by Gasteiger charge is 2.40. The Kier molecular flexibility index (Phi) is 7.13. The number of hydrogen-bond donors (Lipinski definition) is 2. The number of nitrogens with two attached hydrogens (primary N) is 1. The Morgan fingerprint density at radius 3 is 2.61 bits per heavy atom. The van der Waals surface area contributed by atoms with Gasteiger partial charge in [-0.3, -0.25) is 9.59 Å². The zero-order valence-electron chi connectivity index (χ0n) is 24.4. The van der Waals surface area contributed by atoms with Crippen LogP contribution in [0, 0.1) is 11.3 Å². The van der Waals surface area contributed by atoms with Gasteiger partial charge in [-0.2, -0.15) is 5.26 Å². The van der Waals surface area contributed by atoms with Crippen LogP contribution in [0.5, 0.6) is 0 Å². The van der Waals surface area contributed by atoms with E-state index in [0.29, 0.717) is 25.1 Å². The average molecular weight is 553 g/mol. The fraction of sp³-hybridized carbons (Fsp3) is 0.485. The van der Waals surface area contributed by atoms with Gasteiger partial charge in [0.1, 0.15) is 0 Å². The highest BCUT2D eigenvalue weighted by atomic mass is 16.2. The van der Waals surface area contributed by atoms with Crippen LogP contribution < -0.4 is 10.6 Å². The molecule has 2 fully saturated rings. The molecule has 3 aromatic rings. The van der Waals surface area contributed by atoms with E-state index in [1.165, 1.54) is 0 Å². The summed E-state index contributed by atoms with van der Waals surface area (Å²) >= 11 is 0. The van der Waals surface area contributed by atoms with Crippen molar-refractivity contribution >= 4 is 28.3 Å². The van der Waals surface area contributed by atoms with Crippen molar-refractivity contribution in [2.24, 2.45) is 5.73 Å². The minimum absolute atomic E-state index is 0.0397. The number of H-pyrrole nitrogens is 1. The summed E-state index contributed by atoms with van der Waals surface area (Å²) in [5, 5.41) is 10.2. The molecule has 1 aromatic heterocycles. The minimum atomic E-state index is -0.414. The van der Waals surface area contributed by atoms with Gasteiger partial charge in [0.05, 0.1) is 17.2 Å². The molecule has 0 unspecified atom stereocenters. The number of aromatic nitrogens is 1. The number of carbonyl (C=O) groups is 2. The number of ketones is 1. The predicted octanol–water partition coefficient (Wildman–Crippen LogP) is 3.93. The average Bonchev–Trinajstić information content (AvgIpc) is 3.58. The van der Waals surface area contributed by atoms with E-state index >= 15 is 0 Å². The largest absolute Gasteiger partial charge is 0.368 e. The molecule has 0 spiro atoms. The molecular formula is C33H40N6O2. The van der Waals surface area contributed by atoms with Crippen molar-refractivity contribution in [2.45, 2.75) is 57.9 Å². The van der Waals surface area contributed by atoms with E-state index in [4.69, 9.17) is 5.73 Å². The van der Waals surface area contributed by atoms with E-state index in [9.17, 15) is 14.9 Å². The maximum absolute atomic E-state index is 13.9. The Hall–Kier alpha value is -3.67. The number of anilines is 1. The number of hydrogen-bond acceptors (Lipinski definition) is 6. The predicted molar refractivity (Wildman–Crippen MR) is 161 cm³/mol. The summed E-state index contributed by atoms with van der Waals surface area (Å²) in [5.41, 5.74) is 12.7. The fourth-order valence-electron chi connectivity index (χ4n) is 7.03. The SMILES string of the molecule is CCc1cc2c(cc1N1CCN(C(=O)CCCN3CC[C@@H](N)C3)CC1)C(C)(C)c1[nH]c3cc(C#N)ccc3c1C2=O. The molecule has 0 bridgehead atoms. The smallest absolute Gasteiger partial charge is 0.222 e. The summed E-state index contributed by atoms with van der Waals surface area (Å²) in [6, 6.07) is 12.3. The first-order chi connectivity index (χ1) is 19.7. The van der Waals surface area contributed by atoms with Gasteiger partial charge >= 0.3 is 0 Å². The molecule has 214 valence electrons. The first-order valence-electron chi connectivity index (χ1n) is 15.0.